The van der Waals surface area contributed by atoms with Crippen LogP contribution in [-0.4, -0.2) is 18.0 Å². The van der Waals surface area contributed by atoms with E-state index in [0.29, 0.717) is 16.6 Å². The lowest BCUT2D eigenvalue weighted by Crippen LogP contribution is -2.27. The van der Waals surface area contributed by atoms with Crippen molar-refractivity contribution in [2.75, 3.05) is 18.8 Å². The third-order valence-electron chi connectivity index (χ3n) is 2.54. The highest BCUT2D eigenvalue weighted by molar-refractivity contribution is 6.33. The molecule has 0 amide bonds. The van der Waals surface area contributed by atoms with Crippen LogP contribution in [0.5, 0.6) is 0 Å². The second-order valence-electron chi connectivity index (χ2n) is 4.58. The summed E-state index contributed by atoms with van der Waals surface area (Å²) in [7, 11) is 0. The van der Waals surface area contributed by atoms with Crippen LogP contribution in [0.15, 0.2) is 18.2 Å². The van der Waals surface area contributed by atoms with E-state index in [-0.39, 0.29) is 0 Å². The van der Waals surface area contributed by atoms with Gasteiger partial charge in [-0.15, -0.1) is 0 Å². The maximum atomic E-state index is 6.00. The minimum Gasteiger partial charge on any atom is -0.398 e. The summed E-state index contributed by atoms with van der Waals surface area (Å²) < 4.78 is 0. The fourth-order valence-electron chi connectivity index (χ4n) is 1.75. The normalized spacial score (nSPS) is 11.4. The highest BCUT2D eigenvalue weighted by Crippen LogP contribution is 2.20. The van der Waals surface area contributed by atoms with Gasteiger partial charge in [-0.2, -0.15) is 0 Å². The third kappa shape index (κ3) is 4.03. The number of anilines is 1. The van der Waals surface area contributed by atoms with Gasteiger partial charge in [0, 0.05) is 13.1 Å². The van der Waals surface area contributed by atoms with Crippen molar-refractivity contribution < 1.29 is 0 Å². The van der Waals surface area contributed by atoms with Crippen LogP contribution in [0.3, 0.4) is 0 Å². The zero-order valence-corrected chi connectivity index (χ0v) is 11.1. The molecule has 0 heterocycles. The molecule has 2 nitrogen and oxygen atoms in total. The molecule has 1 aromatic carbocycles. The largest absolute Gasteiger partial charge is 0.398 e. The van der Waals surface area contributed by atoms with Crippen molar-refractivity contribution in [1.82, 2.24) is 4.90 Å². The first kappa shape index (κ1) is 13.3. The van der Waals surface area contributed by atoms with Gasteiger partial charge in [0.1, 0.15) is 0 Å². The van der Waals surface area contributed by atoms with Crippen LogP contribution < -0.4 is 5.73 Å². The summed E-state index contributed by atoms with van der Waals surface area (Å²) in [6.07, 6.45) is 0. The minimum atomic E-state index is 0.650. The summed E-state index contributed by atoms with van der Waals surface area (Å²) in [6, 6.07) is 5.88. The van der Waals surface area contributed by atoms with E-state index < -0.39 is 0 Å². The van der Waals surface area contributed by atoms with Crippen LogP contribution in [-0.2, 0) is 6.54 Å². The summed E-state index contributed by atoms with van der Waals surface area (Å²) in [5.74, 6) is 0.684. The first-order chi connectivity index (χ1) is 7.52. The highest BCUT2D eigenvalue weighted by atomic mass is 35.5. The second-order valence-corrected chi connectivity index (χ2v) is 4.98. The Morgan fingerprint density at radius 1 is 1.38 bits per heavy atom. The molecule has 0 aromatic heterocycles. The summed E-state index contributed by atoms with van der Waals surface area (Å²) in [6.45, 7) is 9.76. The number of nitrogens with two attached hydrogens (primary N) is 1. The van der Waals surface area contributed by atoms with Crippen molar-refractivity contribution in [3.05, 3.63) is 28.8 Å². The van der Waals surface area contributed by atoms with Gasteiger partial charge >= 0.3 is 0 Å². The molecule has 16 heavy (non-hydrogen) atoms. The van der Waals surface area contributed by atoms with E-state index in [4.69, 9.17) is 17.3 Å². The molecule has 0 aliphatic carbocycles. The Balaban J connectivity index is 2.66. The summed E-state index contributed by atoms with van der Waals surface area (Å²) in [5.41, 5.74) is 7.56. The summed E-state index contributed by atoms with van der Waals surface area (Å²) in [5, 5.41) is 0.651. The Morgan fingerprint density at radius 2 is 2.06 bits per heavy atom. The molecular weight excluding hydrogens is 220 g/mol. The highest BCUT2D eigenvalue weighted by Gasteiger charge is 2.07. The SMILES string of the molecule is CCN(Cc1ccc(N)c(Cl)c1)CC(C)C. The molecule has 0 atom stereocenters. The quantitative estimate of drug-likeness (QED) is 0.800. The van der Waals surface area contributed by atoms with Crippen molar-refractivity contribution in [3.8, 4) is 0 Å². The molecule has 90 valence electrons. The van der Waals surface area contributed by atoms with E-state index in [0.717, 1.165) is 19.6 Å². The van der Waals surface area contributed by atoms with Gasteiger partial charge in [-0.25, -0.2) is 0 Å². The Morgan fingerprint density at radius 3 is 2.56 bits per heavy atom. The van der Waals surface area contributed by atoms with Gasteiger partial charge in [0.25, 0.3) is 0 Å². The molecule has 0 unspecified atom stereocenters. The summed E-state index contributed by atoms with van der Waals surface area (Å²) >= 11 is 6.00. The van der Waals surface area contributed by atoms with Gasteiger partial charge in [0.2, 0.25) is 0 Å². The maximum Gasteiger partial charge on any atom is 0.0638 e. The van der Waals surface area contributed by atoms with Crippen molar-refractivity contribution in [2.24, 2.45) is 5.92 Å². The van der Waals surface area contributed by atoms with E-state index in [1.54, 1.807) is 0 Å². The topological polar surface area (TPSA) is 29.3 Å². The van der Waals surface area contributed by atoms with Crippen LogP contribution >= 0.6 is 11.6 Å². The van der Waals surface area contributed by atoms with Crippen molar-refractivity contribution in [2.45, 2.75) is 27.3 Å². The number of nitrogen functional groups attached to an aromatic ring is 1. The molecule has 0 saturated carbocycles. The second kappa shape index (κ2) is 6.12. The van der Waals surface area contributed by atoms with E-state index in [9.17, 15) is 0 Å². The predicted octanol–water partition coefficient (Wildman–Crippen LogP) is 3.40. The van der Waals surface area contributed by atoms with Crippen molar-refractivity contribution >= 4 is 17.3 Å². The first-order valence-corrected chi connectivity index (χ1v) is 6.17. The van der Waals surface area contributed by atoms with Crippen LogP contribution in [0, 0.1) is 5.92 Å². The van der Waals surface area contributed by atoms with Crippen molar-refractivity contribution in [1.29, 1.82) is 0 Å². The Bertz CT molecular complexity index is 337. The number of benzene rings is 1. The van der Waals surface area contributed by atoms with Gasteiger partial charge in [0.15, 0.2) is 0 Å². The van der Waals surface area contributed by atoms with Gasteiger partial charge in [0.05, 0.1) is 10.7 Å². The molecule has 1 rings (SSSR count). The molecule has 0 spiro atoms. The molecule has 0 aliphatic rings. The first-order valence-electron chi connectivity index (χ1n) is 5.79. The van der Waals surface area contributed by atoms with E-state index in [2.05, 4.69) is 25.7 Å². The smallest absolute Gasteiger partial charge is 0.0638 e. The average Bonchev–Trinajstić information content (AvgIpc) is 2.22. The molecule has 2 N–H and O–H groups in total. The standard InChI is InChI=1S/C13H21ClN2/c1-4-16(8-10(2)3)9-11-5-6-13(15)12(14)7-11/h5-7,10H,4,8-9,15H2,1-3H3. The molecular formula is C13H21ClN2. The number of hydrogen-bond acceptors (Lipinski definition) is 2. The predicted molar refractivity (Wildman–Crippen MR) is 71.7 cm³/mol. The van der Waals surface area contributed by atoms with Crippen LogP contribution in [0.4, 0.5) is 5.69 Å². The van der Waals surface area contributed by atoms with Crippen molar-refractivity contribution in [3.63, 3.8) is 0 Å². The summed E-state index contributed by atoms with van der Waals surface area (Å²) in [4.78, 5) is 2.41. The lowest BCUT2D eigenvalue weighted by molar-refractivity contribution is 0.248. The third-order valence-corrected chi connectivity index (χ3v) is 2.87. The zero-order chi connectivity index (χ0) is 12.1. The molecule has 0 radical (unpaired) electrons. The molecule has 0 aliphatic heterocycles. The Labute approximate surface area is 103 Å². The van der Waals surface area contributed by atoms with E-state index in [1.165, 1.54) is 5.56 Å². The average molecular weight is 241 g/mol. The Kier molecular flexibility index (Phi) is 5.10. The van der Waals surface area contributed by atoms with Gasteiger partial charge in [-0.1, -0.05) is 38.4 Å². The molecule has 0 bridgehead atoms. The van der Waals surface area contributed by atoms with Gasteiger partial charge < -0.3 is 5.73 Å². The van der Waals surface area contributed by atoms with Gasteiger partial charge in [-0.05, 0) is 30.2 Å². The fourth-order valence-corrected chi connectivity index (χ4v) is 1.95. The van der Waals surface area contributed by atoms with Crippen LogP contribution in [0.25, 0.3) is 0 Å². The number of hydrogen-bond donors (Lipinski definition) is 1. The lowest BCUT2D eigenvalue weighted by Gasteiger charge is -2.22. The minimum absolute atomic E-state index is 0.650. The molecule has 3 heteroatoms. The number of halogens is 1. The van der Waals surface area contributed by atoms with Gasteiger partial charge in [-0.3, -0.25) is 4.90 Å². The van der Waals surface area contributed by atoms with E-state index >= 15 is 0 Å². The Hall–Kier alpha value is -0.730. The van der Waals surface area contributed by atoms with E-state index in [1.807, 2.05) is 18.2 Å². The zero-order valence-electron chi connectivity index (χ0n) is 10.3. The van der Waals surface area contributed by atoms with Crippen LogP contribution in [0.1, 0.15) is 26.3 Å². The lowest BCUT2D eigenvalue weighted by atomic mass is 10.1. The monoisotopic (exact) mass is 240 g/mol. The molecule has 0 saturated heterocycles. The molecule has 1 aromatic rings. The number of nitrogens with zero attached hydrogens (tertiary/aromatic N) is 1. The molecule has 0 fully saturated rings. The number of rotatable bonds is 5. The maximum absolute atomic E-state index is 6.00. The fraction of sp³-hybridized carbons (Fsp3) is 0.538. The van der Waals surface area contributed by atoms with Crippen LogP contribution in [0.2, 0.25) is 5.02 Å².